The first-order chi connectivity index (χ1) is 13.8. The van der Waals surface area contributed by atoms with Crippen LogP contribution < -0.4 is 4.90 Å². The Morgan fingerprint density at radius 2 is 1.82 bits per heavy atom. The highest BCUT2D eigenvalue weighted by Crippen LogP contribution is 2.38. The number of likely N-dealkylation sites (N-methyl/N-ethyl adjacent to an activating group) is 1. The maximum absolute atomic E-state index is 5.11. The second-order valence-corrected chi connectivity index (χ2v) is 7.83. The van der Waals surface area contributed by atoms with Crippen molar-refractivity contribution in [3.8, 4) is 0 Å². The van der Waals surface area contributed by atoms with E-state index in [0.29, 0.717) is 6.04 Å². The van der Waals surface area contributed by atoms with Gasteiger partial charge < -0.3 is 9.80 Å². The summed E-state index contributed by atoms with van der Waals surface area (Å²) in [7, 11) is 2.20. The largest absolute Gasteiger partial charge is 0.354 e. The van der Waals surface area contributed by atoms with E-state index in [4.69, 9.17) is 4.98 Å². The summed E-state index contributed by atoms with van der Waals surface area (Å²) in [6.45, 7) is 6.11. The summed E-state index contributed by atoms with van der Waals surface area (Å²) in [5, 5.41) is 0. The van der Waals surface area contributed by atoms with Gasteiger partial charge in [0.05, 0.1) is 12.6 Å². The zero-order valence-corrected chi connectivity index (χ0v) is 16.4. The molecule has 1 unspecified atom stereocenters. The predicted molar refractivity (Wildman–Crippen MR) is 109 cm³/mol. The van der Waals surface area contributed by atoms with Crippen LogP contribution in [0.1, 0.15) is 30.4 Å². The minimum atomic E-state index is 0.318. The molecule has 28 heavy (non-hydrogen) atoms. The highest BCUT2D eigenvalue weighted by atomic mass is 15.3. The number of nitrogens with zero attached hydrogens (tertiary/aromatic N) is 7. The first-order valence-corrected chi connectivity index (χ1v) is 10.2. The van der Waals surface area contributed by atoms with E-state index >= 15 is 0 Å². The van der Waals surface area contributed by atoms with Crippen molar-refractivity contribution in [3.63, 3.8) is 0 Å². The summed E-state index contributed by atoms with van der Waals surface area (Å²) < 4.78 is 2.27. The number of fused-ring (bicyclic) bond motifs is 1. The van der Waals surface area contributed by atoms with Crippen molar-refractivity contribution < 1.29 is 0 Å². The van der Waals surface area contributed by atoms with E-state index < -0.39 is 0 Å². The lowest BCUT2D eigenvalue weighted by Crippen LogP contribution is -2.45. The Morgan fingerprint density at radius 1 is 1.00 bits per heavy atom. The van der Waals surface area contributed by atoms with Crippen LogP contribution in [-0.2, 0) is 6.54 Å². The fraction of sp³-hybridized carbons (Fsp3) is 0.476. The van der Waals surface area contributed by atoms with E-state index in [0.717, 1.165) is 57.2 Å². The third-order valence-electron chi connectivity index (χ3n) is 5.98. The Labute approximate surface area is 165 Å². The zero-order chi connectivity index (χ0) is 18.9. The smallest absolute Gasteiger partial charge is 0.142 e. The third kappa shape index (κ3) is 3.25. The van der Waals surface area contributed by atoms with Gasteiger partial charge in [0.25, 0.3) is 0 Å². The van der Waals surface area contributed by atoms with Crippen molar-refractivity contribution in [2.45, 2.75) is 25.4 Å². The number of piperazine rings is 1. The lowest BCUT2D eigenvalue weighted by atomic mass is 10.1. The Kier molecular flexibility index (Phi) is 4.70. The van der Waals surface area contributed by atoms with E-state index in [2.05, 4.69) is 60.5 Å². The lowest BCUT2D eigenvalue weighted by Gasteiger charge is -2.35. The molecule has 0 saturated carbocycles. The van der Waals surface area contributed by atoms with Gasteiger partial charge in [-0.15, -0.1) is 0 Å². The molecule has 5 rings (SSSR count). The molecule has 2 aliphatic heterocycles. The quantitative estimate of drug-likeness (QED) is 0.695. The number of likely N-dealkylation sites (tertiary alicyclic amines) is 1. The topological polar surface area (TPSA) is 52.8 Å². The SMILES string of the molecule is CN1CCN(c2c(C3CCCN3Cc3ncccn3)nc3ccccn23)CC1. The van der Waals surface area contributed by atoms with Gasteiger partial charge in [-0.05, 0) is 44.6 Å². The summed E-state index contributed by atoms with van der Waals surface area (Å²) in [4.78, 5) is 21.4. The van der Waals surface area contributed by atoms with E-state index in [1.807, 2.05) is 18.5 Å². The van der Waals surface area contributed by atoms with Gasteiger partial charge in [0.15, 0.2) is 0 Å². The van der Waals surface area contributed by atoms with Gasteiger partial charge >= 0.3 is 0 Å². The molecule has 1 atom stereocenters. The fourth-order valence-corrected chi connectivity index (χ4v) is 4.48. The second-order valence-electron chi connectivity index (χ2n) is 7.83. The molecule has 3 aromatic heterocycles. The molecule has 0 bridgehead atoms. The summed E-state index contributed by atoms with van der Waals surface area (Å²) in [5.41, 5.74) is 2.25. The monoisotopic (exact) mass is 377 g/mol. The van der Waals surface area contributed by atoms with E-state index in [1.165, 1.54) is 17.9 Å². The van der Waals surface area contributed by atoms with Crippen LogP contribution in [0.15, 0.2) is 42.9 Å². The Bertz CT molecular complexity index is 930. The van der Waals surface area contributed by atoms with Gasteiger partial charge in [0, 0.05) is 44.8 Å². The van der Waals surface area contributed by atoms with Crippen molar-refractivity contribution in [2.24, 2.45) is 0 Å². The number of rotatable bonds is 4. The van der Waals surface area contributed by atoms with Crippen molar-refractivity contribution in [1.82, 2.24) is 29.2 Å². The van der Waals surface area contributed by atoms with Gasteiger partial charge in [-0.1, -0.05) is 6.07 Å². The van der Waals surface area contributed by atoms with E-state index in [1.54, 1.807) is 0 Å². The Hall–Kier alpha value is -2.51. The van der Waals surface area contributed by atoms with Crippen LogP contribution in [0.5, 0.6) is 0 Å². The molecule has 2 aliphatic rings. The highest BCUT2D eigenvalue weighted by Gasteiger charge is 2.33. The number of anilines is 1. The van der Waals surface area contributed by atoms with Gasteiger partial charge in [-0.2, -0.15) is 0 Å². The summed E-state index contributed by atoms with van der Waals surface area (Å²) in [6.07, 6.45) is 8.13. The average Bonchev–Trinajstić information content (AvgIpc) is 3.33. The number of imidazole rings is 1. The minimum absolute atomic E-state index is 0.318. The number of hydrogen-bond acceptors (Lipinski definition) is 6. The van der Waals surface area contributed by atoms with Crippen LogP contribution in [0.25, 0.3) is 5.65 Å². The maximum atomic E-state index is 5.11. The van der Waals surface area contributed by atoms with Crippen molar-refractivity contribution in [1.29, 1.82) is 0 Å². The molecule has 146 valence electrons. The van der Waals surface area contributed by atoms with Crippen LogP contribution in [0.3, 0.4) is 0 Å². The van der Waals surface area contributed by atoms with Crippen molar-refractivity contribution in [3.05, 3.63) is 54.4 Å². The molecular weight excluding hydrogens is 350 g/mol. The lowest BCUT2D eigenvalue weighted by molar-refractivity contribution is 0.238. The van der Waals surface area contributed by atoms with Crippen LogP contribution in [0.2, 0.25) is 0 Å². The molecule has 7 heteroatoms. The number of pyridine rings is 1. The van der Waals surface area contributed by atoms with Crippen molar-refractivity contribution >= 4 is 11.5 Å². The molecular formula is C21H27N7. The van der Waals surface area contributed by atoms with E-state index in [9.17, 15) is 0 Å². The van der Waals surface area contributed by atoms with E-state index in [-0.39, 0.29) is 0 Å². The molecule has 2 fully saturated rings. The van der Waals surface area contributed by atoms with Crippen molar-refractivity contribution in [2.75, 3.05) is 44.7 Å². The Morgan fingerprint density at radius 3 is 2.64 bits per heavy atom. The summed E-state index contributed by atoms with van der Waals surface area (Å²) in [5.74, 6) is 2.16. The van der Waals surface area contributed by atoms with Crippen LogP contribution in [0, 0.1) is 0 Å². The van der Waals surface area contributed by atoms with Gasteiger partial charge in [0.1, 0.15) is 23.0 Å². The molecule has 0 N–H and O–H groups in total. The second kappa shape index (κ2) is 7.48. The summed E-state index contributed by atoms with van der Waals surface area (Å²) >= 11 is 0. The first-order valence-electron chi connectivity index (χ1n) is 10.2. The van der Waals surface area contributed by atoms with Gasteiger partial charge in [-0.3, -0.25) is 9.30 Å². The molecule has 0 aliphatic carbocycles. The first kappa shape index (κ1) is 17.6. The average molecular weight is 377 g/mol. The Balaban J connectivity index is 1.51. The number of hydrogen-bond donors (Lipinski definition) is 0. The molecule has 0 spiro atoms. The zero-order valence-electron chi connectivity index (χ0n) is 16.4. The minimum Gasteiger partial charge on any atom is -0.354 e. The highest BCUT2D eigenvalue weighted by molar-refractivity contribution is 5.58. The van der Waals surface area contributed by atoms with Gasteiger partial charge in [0.2, 0.25) is 0 Å². The summed E-state index contributed by atoms with van der Waals surface area (Å²) in [6, 6.07) is 8.48. The normalized spacial score (nSPS) is 21.6. The van der Waals surface area contributed by atoms with Crippen LogP contribution in [0.4, 0.5) is 5.82 Å². The molecule has 2 saturated heterocycles. The van der Waals surface area contributed by atoms with Gasteiger partial charge in [-0.25, -0.2) is 15.0 Å². The molecule has 0 radical (unpaired) electrons. The van der Waals surface area contributed by atoms with Crippen LogP contribution in [-0.4, -0.2) is 68.9 Å². The third-order valence-corrected chi connectivity index (χ3v) is 5.98. The molecule has 7 nitrogen and oxygen atoms in total. The molecule has 3 aromatic rings. The molecule has 5 heterocycles. The predicted octanol–water partition coefficient (Wildman–Crippen LogP) is 2.21. The number of aromatic nitrogens is 4. The maximum Gasteiger partial charge on any atom is 0.142 e. The van der Waals surface area contributed by atoms with Crippen LogP contribution >= 0.6 is 0 Å². The molecule has 0 aromatic carbocycles. The fourth-order valence-electron chi connectivity index (χ4n) is 4.48. The standard InChI is InChI=1S/C21H27N7/c1-25-12-14-26(15-13-25)21-20(24-19-7-2-3-11-28(19)21)17-6-4-10-27(17)16-18-22-8-5-9-23-18/h2-3,5,7-9,11,17H,4,6,10,12-16H2,1H3. The molecule has 0 amide bonds.